The van der Waals surface area contributed by atoms with Crippen LogP contribution in [0.1, 0.15) is 6.92 Å². The lowest BCUT2D eigenvalue weighted by Gasteiger charge is -2.00. The Hall–Kier alpha value is 0.730. The molecule has 1 atom stereocenters. The second-order valence-electron chi connectivity index (χ2n) is 1.10. The molecule has 7 heavy (non-hydrogen) atoms. The average molecular weight is 187 g/mol. The van der Waals surface area contributed by atoms with Crippen molar-refractivity contribution in [1.29, 1.82) is 0 Å². The van der Waals surface area contributed by atoms with Crippen molar-refractivity contribution in [1.82, 2.24) is 0 Å². The van der Waals surface area contributed by atoms with Crippen LogP contribution in [0.3, 0.4) is 0 Å². The molecule has 0 rings (SSSR count). The number of alkyl halides is 2. The lowest BCUT2D eigenvalue weighted by atomic mass is 10.8. The Labute approximate surface area is 57.1 Å². The molecule has 0 aliphatic rings. The fourth-order valence-electron chi connectivity index (χ4n) is 0.207. The van der Waals surface area contributed by atoms with Crippen LogP contribution in [0.2, 0.25) is 0 Å². The minimum atomic E-state index is -0.155. The van der Waals surface area contributed by atoms with E-state index in [1.165, 1.54) is 0 Å². The van der Waals surface area contributed by atoms with E-state index in [9.17, 15) is 0 Å². The lowest BCUT2D eigenvalue weighted by molar-refractivity contribution is 0.135. The zero-order valence-electron chi connectivity index (χ0n) is 4.16. The van der Waals surface area contributed by atoms with Gasteiger partial charge in [0.2, 0.25) is 0 Å². The van der Waals surface area contributed by atoms with Gasteiger partial charge in [0, 0.05) is 5.33 Å². The predicted molar refractivity (Wildman–Crippen MR) is 35.1 cm³/mol. The summed E-state index contributed by atoms with van der Waals surface area (Å²) in [5, 5.41) is 0.851. The molecule has 3 heteroatoms. The molecule has 1 unspecified atom stereocenters. The van der Waals surface area contributed by atoms with Gasteiger partial charge in [-0.15, -0.1) is 0 Å². The van der Waals surface area contributed by atoms with Gasteiger partial charge >= 0.3 is 0 Å². The summed E-state index contributed by atoms with van der Waals surface area (Å²) >= 11 is 8.61. The smallest absolute Gasteiger partial charge is 0.128 e. The molecule has 0 aromatic heterocycles. The van der Waals surface area contributed by atoms with Gasteiger partial charge in [-0.3, -0.25) is 0 Å². The second-order valence-corrected chi connectivity index (χ2v) is 2.51. The second kappa shape index (κ2) is 4.88. The first-order valence-electron chi connectivity index (χ1n) is 2.09. The van der Waals surface area contributed by atoms with Crippen LogP contribution < -0.4 is 0 Å². The van der Waals surface area contributed by atoms with Crippen molar-refractivity contribution in [3.8, 4) is 0 Å². The molecule has 0 fully saturated rings. The third kappa shape index (κ3) is 6.73. The van der Waals surface area contributed by atoms with Gasteiger partial charge in [-0.1, -0.05) is 27.5 Å². The van der Waals surface area contributed by atoms with Crippen molar-refractivity contribution in [3.05, 3.63) is 0 Å². The molecule has 0 aromatic rings. The van der Waals surface area contributed by atoms with Gasteiger partial charge in [0.25, 0.3) is 0 Å². The summed E-state index contributed by atoms with van der Waals surface area (Å²) in [6.45, 7) is 2.48. The van der Waals surface area contributed by atoms with Crippen molar-refractivity contribution >= 4 is 27.5 Å². The zero-order chi connectivity index (χ0) is 5.70. The summed E-state index contributed by atoms with van der Waals surface area (Å²) in [5.41, 5.74) is -0.155. The third-order valence-corrected chi connectivity index (χ3v) is 0.874. The molecular weight excluding hydrogens is 179 g/mol. The van der Waals surface area contributed by atoms with E-state index in [-0.39, 0.29) is 5.56 Å². The molecule has 0 saturated carbocycles. The molecule has 0 aliphatic heterocycles. The van der Waals surface area contributed by atoms with Crippen LogP contribution in [-0.2, 0) is 4.74 Å². The fraction of sp³-hybridized carbons (Fsp3) is 1.00. The molecule has 0 radical (unpaired) electrons. The van der Waals surface area contributed by atoms with E-state index in [1.807, 2.05) is 0 Å². The molecule has 0 N–H and O–H groups in total. The van der Waals surface area contributed by atoms with Crippen molar-refractivity contribution in [2.75, 3.05) is 11.9 Å². The summed E-state index contributed by atoms with van der Waals surface area (Å²) in [5.74, 6) is 0. The summed E-state index contributed by atoms with van der Waals surface area (Å²) in [7, 11) is 0. The SMILES string of the molecule is CC(Cl)OCCBr. The Morgan fingerprint density at radius 2 is 2.43 bits per heavy atom. The molecule has 0 aromatic carbocycles. The minimum absolute atomic E-state index is 0.155. The summed E-state index contributed by atoms with van der Waals surface area (Å²) < 4.78 is 4.91. The van der Waals surface area contributed by atoms with Gasteiger partial charge in [-0.2, -0.15) is 0 Å². The highest BCUT2D eigenvalue weighted by molar-refractivity contribution is 9.09. The molecule has 0 saturated heterocycles. The van der Waals surface area contributed by atoms with E-state index in [0.717, 1.165) is 5.33 Å². The van der Waals surface area contributed by atoms with E-state index in [4.69, 9.17) is 16.3 Å². The largest absolute Gasteiger partial charge is 0.362 e. The van der Waals surface area contributed by atoms with Crippen LogP contribution in [0.25, 0.3) is 0 Å². The van der Waals surface area contributed by atoms with Crippen molar-refractivity contribution < 1.29 is 4.74 Å². The highest BCUT2D eigenvalue weighted by Crippen LogP contribution is 1.95. The van der Waals surface area contributed by atoms with E-state index < -0.39 is 0 Å². The normalized spacial score (nSPS) is 14.1. The Balaban J connectivity index is 2.68. The van der Waals surface area contributed by atoms with Crippen LogP contribution in [0, 0.1) is 0 Å². The van der Waals surface area contributed by atoms with Crippen LogP contribution >= 0.6 is 27.5 Å². The summed E-state index contributed by atoms with van der Waals surface area (Å²) in [6.07, 6.45) is 0. The van der Waals surface area contributed by atoms with Crippen LogP contribution in [0.4, 0.5) is 0 Å². The number of hydrogen-bond donors (Lipinski definition) is 0. The predicted octanol–water partition coefficient (Wildman–Crippen LogP) is 1.98. The molecule has 0 amide bonds. The number of rotatable bonds is 3. The fourth-order valence-corrected chi connectivity index (χ4v) is 0.483. The molecule has 44 valence electrons. The van der Waals surface area contributed by atoms with Gasteiger partial charge in [-0.25, -0.2) is 0 Å². The Morgan fingerprint density at radius 3 is 2.57 bits per heavy atom. The van der Waals surface area contributed by atoms with E-state index in [2.05, 4.69) is 15.9 Å². The molecule has 0 spiro atoms. The average Bonchev–Trinajstić information content (AvgIpc) is 1.61. The van der Waals surface area contributed by atoms with Crippen molar-refractivity contribution in [2.24, 2.45) is 0 Å². The third-order valence-electron chi connectivity index (χ3n) is 0.425. The van der Waals surface area contributed by atoms with E-state index in [0.29, 0.717) is 6.61 Å². The molecule has 0 bridgehead atoms. The van der Waals surface area contributed by atoms with E-state index in [1.54, 1.807) is 6.92 Å². The topological polar surface area (TPSA) is 9.23 Å². The van der Waals surface area contributed by atoms with Crippen molar-refractivity contribution in [2.45, 2.75) is 12.5 Å². The quantitative estimate of drug-likeness (QED) is 0.614. The van der Waals surface area contributed by atoms with Crippen LogP contribution in [0.5, 0.6) is 0 Å². The first-order valence-corrected chi connectivity index (χ1v) is 3.65. The summed E-state index contributed by atoms with van der Waals surface area (Å²) in [6, 6.07) is 0. The molecule has 0 heterocycles. The summed E-state index contributed by atoms with van der Waals surface area (Å²) in [4.78, 5) is 0. The zero-order valence-corrected chi connectivity index (χ0v) is 6.50. The highest BCUT2D eigenvalue weighted by Gasteiger charge is 1.90. The van der Waals surface area contributed by atoms with Gasteiger partial charge in [0.15, 0.2) is 0 Å². The van der Waals surface area contributed by atoms with Crippen LogP contribution in [0.15, 0.2) is 0 Å². The first-order chi connectivity index (χ1) is 3.27. The van der Waals surface area contributed by atoms with Gasteiger partial charge in [0.1, 0.15) is 5.56 Å². The maximum atomic E-state index is 5.41. The number of halogens is 2. The highest BCUT2D eigenvalue weighted by atomic mass is 79.9. The van der Waals surface area contributed by atoms with Crippen LogP contribution in [-0.4, -0.2) is 17.5 Å². The Morgan fingerprint density at radius 1 is 1.86 bits per heavy atom. The molecule has 1 nitrogen and oxygen atoms in total. The maximum Gasteiger partial charge on any atom is 0.128 e. The van der Waals surface area contributed by atoms with E-state index >= 15 is 0 Å². The first kappa shape index (κ1) is 7.73. The monoisotopic (exact) mass is 186 g/mol. The standard InChI is InChI=1S/C4H8BrClO/c1-4(6)7-3-2-5/h4H,2-3H2,1H3. The molecular formula is C4H8BrClO. The van der Waals surface area contributed by atoms with Gasteiger partial charge in [-0.05, 0) is 6.92 Å². The van der Waals surface area contributed by atoms with Crippen molar-refractivity contribution in [3.63, 3.8) is 0 Å². The molecule has 0 aliphatic carbocycles. The van der Waals surface area contributed by atoms with Gasteiger partial charge in [0.05, 0.1) is 6.61 Å². The lowest BCUT2D eigenvalue weighted by Crippen LogP contribution is -2.00. The minimum Gasteiger partial charge on any atom is -0.362 e. The Bertz CT molecular complexity index is 40.7. The maximum absolute atomic E-state index is 5.41. The number of hydrogen-bond acceptors (Lipinski definition) is 1. The number of ether oxygens (including phenoxy) is 1. The Kier molecular flexibility index (Phi) is 5.39. The van der Waals surface area contributed by atoms with Gasteiger partial charge < -0.3 is 4.74 Å².